The first-order valence-corrected chi connectivity index (χ1v) is 6.64. The number of hydrogen-bond donors (Lipinski definition) is 1. The number of pyridine rings is 1. The highest BCUT2D eigenvalue weighted by Crippen LogP contribution is 2.13. The van der Waals surface area contributed by atoms with Crippen LogP contribution >= 0.6 is 0 Å². The van der Waals surface area contributed by atoms with Gasteiger partial charge >= 0.3 is 0 Å². The molecule has 2 rings (SSSR count). The molecule has 2 aromatic rings. The second kappa shape index (κ2) is 7.07. The molecule has 0 unspecified atom stereocenters. The molecule has 2 aromatic heterocycles. The zero-order chi connectivity index (χ0) is 13.5. The lowest BCUT2D eigenvalue weighted by molar-refractivity contribution is 0.283. The van der Waals surface area contributed by atoms with E-state index in [9.17, 15) is 0 Å². The van der Waals surface area contributed by atoms with Crippen LogP contribution in [0.3, 0.4) is 0 Å². The van der Waals surface area contributed by atoms with Crippen LogP contribution in [0.1, 0.15) is 23.9 Å². The first kappa shape index (κ1) is 13.8. The van der Waals surface area contributed by atoms with Gasteiger partial charge in [0.15, 0.2) is 0 Å². The molecule has 1 N–H and O–H groups in total. The van der Waals surface area contributed by atoms with Gasteiger partial charge in [0.25, 0.3) is 0 Å². The van der Waals surface area contributed by atoms with Crippen LogP contribution in [-0.4, -0.2) is 23.5 Å². The van der Waals surface area contributed by atoms with E-state index in [1.54, 1.807) is 6.26 Å². The SMILES string of the molecule is CCNCc1ccoc1CN(C)Cc1ccccn1. The molecule has 0 aliphatic heterocycles. The van der Waals surface area contributed by atoms with Gasteiger partial charge in [-0.2, -0.15) is 0 Å². The molecule has 2 heterocycles. The normalized spacial score (nSPS) is 11.1. The minimum atomic E-state index is 0.796. The summed E-state index contributed by atoms with van der Waals surface area (Å²) < 4.78 is 5.57. The summed E-state index contributed by atoms with van der Waals surface area (Å²) in [6, 6.07) is 8.02. The van der Waals surface area contributed by atoms with Crippen molar-refractivity contribution in [1.29, 1.82) is 0 Å². The third kappa shape index (κ3) is 4.19. The second-order valence-corrected chi connectivity index (χ2v) is 4.64. The predicted octanol–water partition coefficient (Wildman–Crippen LogP) is 2.42. The molecule has 0 amide bonds. The van der Waals surface area contributed by atoms with Gasteiger partial charge in [-0.25, -0.2) is 0 Å². The van der Waals surface area contributed by atoms with E-state index in [-0.39, 0.29) is 0 Å². The van der Waals surface area contributed by atoms with Crippen molar-refractivity contribution in [2.45, 2.75) is 26.6 Å². The molecule has 19 heavy (non-hydrogen) atoms. The summed E-state index contributed by atoms with van der Waals surface area (Å²) in [5.41, 5.74) is 2.31. The van der Waals surface area contributed by atoms with Gasteiger partial charge in [0.05, 0.1) is 18.5 Å². The van der Waals surface area contributed by atoms with Gasteiger partial charge in [0.1, 0.15) is 5.76 Å². The maximum Gasteiger partial charge on any atom is 0.122 e. The highest BCUT2D eigenvalue weighted by Gasteiger charge is 2.09. The van der Waals surface area contributed by atoms with E-state index >= 15 is 0 Å². The maximum absolute atomic E-state index is 5.57. The fraction of sp³-hybridized carbons (Fsp3) is 0.400. The van der Waals surface area contributed by atoms with E-state index < -0.39 is 0 Å². The first-order chi connectivity index (χ1) is 9.29. The lowest BCUT2D eigenvalue weighted by atomic mass is 10.2. The van der Waals surface area contributed by atoms with Crippen molar-refractivity contribution >= 4 is 0 Å². The average molecular weight is 259 g/mol. The summed E-state index contributed by atoms with van der Waals surface area (Å²) in [5, 5.41) is 3.32. The number of hydrogen-bond acceptors (Lipinski definition) is 4. The van der Waals surface area contributed by atoms with Crippen molar-refractivity contribution in [3.05, 3.63) is 53.7 Å². The Hall–Kier alpha value is -1.65. The van der Waals surface area contributed by atoms with Crippen molar-refractivity contribution in [1.82, 2.24) is 15.2 Å². The molecule has 0 saturated heterocycles. The summed E-state index contributed by atoms with van der Waals surface area (Å²) in [6.45, 7) is 5.55. The van der Waals surface area contributed by atoms with Crippen LogP contribution in [0.2, 0.25) is 0 Å². The van der Waals surface area contributed by atoms with E-state index in [0.717, 1.165) is 37.6 Å². The van der Waals surface area contributed by atoms with Crippen molar-refractivity contribution in [3.8, 4) is 0 Å². The quantitative estimate of drug-likeness (QED) is 0.829. The minimum Gasteiger partial charge on any atom is -0.468 e. The Morgan fingerprint density at radius 3 is 2.89 bits per heavy atom. The molecule has 0 fully saturated rings. The molecule has 102 valence electrons. The fourth-order valence-electron chi connectivity index (χ4n) is 1.99. The zero-order valence-corrected chi connectivity index (χ0v) is 11.6. The molecule has 0 aliphatic carbocycles. The molecule has 0 aliphatic rings. The second-order valence-electron chi connectivity index (χ2n) is 4.64. The third-order valence-corrected chi connectivity index (χ3v) is 2.97. The Balaban J connectivity index is 1.91. The zero-order valence-electron chi connectivity index (χ0n) is 11.6. The van der Waals surface area contributed by atoms with E-state index in [2.05, 4.69) is 29.2 Å². The third-order valence-electron chi connectivity index (χ3n) is 2.97. The lowest BCUT2D eigenvalue weighted by Gasteiger charge is -2.15. The number of nitrogens with zero attached hydrogens (tertiary/aromatic N) is 2. The summed E-state index contributed by atoms with van der Waals surface area (Å²) in [6.07, 6.45) is 3.59. The summed E-state index contributed by atoms with van der Waals surface area (Å²) >= 11 is 0. The maximum atomic E-state index is 5.57. The summed E-state index contributed by atoms with van der Waals surface area (Å²) in [4.78, 5) is 6.54. The molecule has 0 radical (unpaired) electrons. The van der Waals surface area contributed by atoms with Gasteiger partial charge in [-0.1, -0.05) is 13.0 Å². The molecular weight excluding hydrogens is 238 g/mol. The Morgan fingerprint density at radius 2 is 2.16 bits per heavy atom. The van der Waals surface area contributed by atoms with Gasteiger partial charge in [0, 0.05) is 24.8 Å². The number of furan rings is 1. The topological polar surface area (TPSA) is 41.3 Å². The molecular formula is C15H21N3O. The van der Waals surface area contributed by atoms with Crippen LogP contribution in [0.15, 0.2) is 41.1 Å². The van der Waals surface area contributed by atoms with Crippen molar-refractivity contribution in [3.63, 3.8) is 0 Å². The van der Waals surface area contributed by atoms with E-state index in [1.165, 1.54) is 5.56 Å². The molecule has 0 atom stereocenters. The monoisotopic (exact) mass is 259 g/mol. The fourth-order valence-corrected chi connectivity index (χ4v) is 1.99. The van der Waals surface area contributed by atoms with Crippen molar-refractivity contribution in [2.24, 2.45) is 0 Å². The van der Waals surface area contributed by atoms with Crippen LogP contribution in [0.25, 0.3) is 0 Å². The van der Waals surface area contributed by atoms with E-state index in [1.807, 2.05) is 30.5 Å². The van der Waals surface area contributed by atoms with Crippen molar-refractivity contribution < 1.29 is 4.42 Å². The summed E-state index contributed by atoms with van der Waals surface area (Å²) in [7, 11) is 2.08. The highest BCUT2D eigenvalue weighted by molar-refractivity contribution is 5.17. The Bertz CT molecular complexity index is 481. The Kier molecular flexibility index (Phi) is 5.12. The lowest BCUT2D eigenvalue weighted by Crippen LogP contribution is -2.19. The van der Waals surface area contributed by atoms with E-state index in [0.29, 0.717) is 0 Å². The van der Waals surface area contributed by atoms with Crippen molar-refractivity contribution in [2.75, 3.05) is 13.6 Å². The number of rotatable bonds is 7. The number of aromatic nitrogens is 1. The Morgan fingerprint density at radius 1 is 1.26 bits per heavy atom. The van der Waals surface area contributed by atoms with Crippen LogP contribution in [0.4, 0.5) is 0 Å². The number of nitrogens with one attached hydrogen (secondary N) is 1. The van der Waals surface area contributed by atoms with Gasteiger partial charge in [-0.3, -0.25) is 9.88 Å². The van der Waals surface area contributed by atoms with Gasteiger partial charge in [0.2, 0.25) is 0 Å². The highest BCUT2D eigenvalue weighted by atomic mass is 16.3. The summed E-state index contributed by atoms with van der Waals surface area (Å²) in [5.74, 6) is 1.03. The molecule has 0 aromatic carbocycles. The van der Waals surface area contributed by atoms with Gasteiger partial charge < -0.3 is 9.73 Å². The van der Waals surface area contributed by atoms with Gasteiger partial charge in [-0.15, -0.1) is 0 Å². The minimum absolute atomic E-state index is 0.796. The van der Waals surface area contributed by atoms with Gasteiger partial charge in [-0.05, 0) is 31.8 Å². The van der Waals surface area contributed by atoms with Crippen LogP contribution in [0.5, 0.6) is 0 Å². The standard InChI is InChI=1S/C15H21N3O/c1-3-16-10-13-7-9-19-15(13)12-18(2)11-14-6-4-5-8-17-14/h4-9,16H,3,10-12H2,1-2H3. The molecule has 0 spiro atoms. The van der Waals surface area contributed by atoms with E-state index in [4.69, 9.17) is 4.42 Å². The van der Waals surface area contributed by atoms with Crippen LogP contribution in [-0.2, 0) is 19.6 Å². The molecule has 0 saturated carbocycles. The first-order valence-electron chi connectivity index (χ1n) is 6.64. The molecule has 4 heteroatoms. The molecule has 4 nitrogen and oxygen atoms in total. The predicted molar refractivity (Wildman–Crippen MR) is 75.5 cm³/mol. The van der Waals surface area contributed by atoms with Crippen LogP contribution in [0, 0.1) is 0 Å². The Labute approximate surface area is 114 Å². The average Bonchev–Trinajstić information content (AvgIpc) is 2.84. The largest absolute Gasteiger partial charge is 0.468 e. The smallest absolute Gasteiger partial charge is 0.122 e. The molecule has 0 bridgehead atoms. The van der Waals surface area contributed by atoms with Crippen LogP contribution < -0.4 is 5.32 Å².